The van der Waals surface area contributed by atoms with E-state index in [4.69, 9.17) is 4.74 Å². The maximum absolute atomic E-state index is 12.8. The summed E-state index contributed by atoms with van der Waals surface area (Å²) in [4.78, 5) is 45.1. The van der Waals surface area contributed by atoms with E-state index >= 15 is 0 Å². The van der Waals surface area contributed by atoms with Gasteiger partial charge in [0.25, 0.3) is 0 Å². The lowest BCUT2D eigenvalue weighted by Gasteiger charge is -2.30. The molecule has 8 nitrogen and oxygen atoms in total. The van der Waals surface area contributed by atoms with Gasteiger partial charge in [-0.05, 0) is 81.8 Å². The first-order chi connectivity index (χ1) is 15.9. The average molecular weight is 471 g/mol. The summed E-state index contributed by atoms with van der Waals surface area (Å²) in [5.41, 5.74) is 2.59. The van der Waals surface area contributed by atoms with Crippen LogP contribution in [0.1, 0.15) is 52.0 Å². The van der Waals surface area contributed by atoms with Crippen LogP contribution in [0.4, 0.5) is 10.8 Å². The van der Waals surface area contributed by atoms with Crippen molar-refractivity contribution >= 4 is 39.9 Å². The molecular weight excluding hydrogens is 440 g/mol. The van der Waals surface area contributed by atoms with Crippen LogP contribution in [-0.4, -0.2) is 54.4 Å². The van der Waals surface area contributed by atoms with Gasteiger partial charge < -0.3 is 15.4 Å². The molecule has 2 aliphatic rings. The number of hydrogen-bond donors (Lipinski definition) is 2. The van der Waals surface area contributed by atoms with E-state index in [-0.39, 0.29) is 30.2 Å². The Labute approximate surface area is 197 Å². The molecule has 0 spiro atoms. The number of pyridine rings is 1. The lowest BCUT2D eigenvalue weighted by molar-refractivity contribution is -0.121. The van der Waals surface area contributed by atoms with E-state index in [9.17, 15) is 14.4 Å². The van der Waals surface area contributed by atoms with Gasteiger partial charge >= 0.3 is 5.97 Å². The summed E-state index contributed by atoms with van der Waals surface area (Å²) in [5.74, 6) is -0.0854. The molecule has 0 aromatic carbocycles. The second kappa shape index (κ2) is 10.4. The molecule has 3 heterocycles. The topological polar surface area (TPSA) is 101 Å². The Balaban J connectivity index is 1.30. The molecule has 9 heteroatoms. The van der Waals surface area contributed by atoms with E-state index in [1.807, 2.05) is 19.1 Å². The fourth-order valence-electron chi connectivity index (χ4n) is 4.53. The number of piperidine rings is 1. The van der Waals surface area contributed by atoms with Crippen molar-refractivity contribution in [3.63, 3.8) is 0 Å². The number of esters is 1. The molecule has 1 fully saturated rings. The average Bonchev–Trinajstić information content (AvgIpc) is 3.16. The number of fused-ring (bicyclic) bond motifs is 1. The van der Waals surface area contributed by atoms with Gasteiger partial charge in [-0.1, -0.05) is 0 Å². The van der Waals surface area contributed by atoms with E-state index in [2.05, 4.69) is 20.5 Å². The maximum Gasteiger partial charge on any atom is 0.341 e. The van der Waals surface area contributed by atoms with Crippen molar-refractivity contribution in [3.8, 4) is 0 Å². The van der Waals surface area contributed by atoms with Gasteiger partial charge in [0, 0.05) is 17.0 Å². The first kappa shape index (κ1) is 23.4. The second-order valence-electron chi connectivity index (χ2n) is 8.71. The predicted molar refractivity (Wildman–Crippen MR) is 128 cm³/mol. The summed E-state index contributed by atoms with van der Waals surface area (Å²) >= 11 is 1.49. The maximum atomic E-state index is 12.8. The molecule has 0 atom stereocenters. The van der Waals surface area contributed by atoms with Crippen LogP contribution < -0.4 is 10.6 Å². The zero-order chi connectivity index (χ0) is 23.4. The van der Waals surface area contributed by atoms with Gasteiger partial charge in [0.05, 0.1) is 19.2 Å². The normalized spacial score (nSPS) is 16.7. The molecule has 2 amide bonds. The number of rotatable bonds is 6. The monoisotopic (exact) mass is 470 g/mol. The van der Waals surface area contributed by atoms with Gasteiger partial charge in [0.2, 0.25) is 11.8 Å². The number of thiophene rings is 1. The van der Waals surface area contributed by atoms with Crippen LogP contribution >= 0.6 is 11.3 Å². The van der Waals surface area contributed by atoms with E-state index in [1.165, 1.54) is 23.3 Å². The van der Waals surface area contributed by atoms with Crippen LogP contribution in [0.25, 0.3) is 0 Å². The largest absolute Gasteiger partial charge is 0.465 e. The van der Waals surface area contributed by atoms with Gasteiger partial charge in [-0.2, -0.15) is 0 Å². The first-order valence-corrected chi connectivity index (χ1v) is 12.2. The molecule has 0 bridgehead atoms. The van der Waals surface area contributed by atoms with Crippen LogP contribution in [-0.2, 0) is 27.2 Å². The van der Waals surface area contributed by atoms with Crippen molar-refractivity contribution < 1.29 is 19.1 Å². The number of carbonyl (C=O) groups excluding carboxylic acids is 3. The minimum atomic E-state index is -0.389. The third kappa shape index (κ3) is 5.59. The highest BCUT2D eigenvalue weighted by Crippen LogP contribution is 2.38. The number of ether oxygens (including phenoxy) is 1. The molecule has 0 radical (unpaired) electrons. The van der Waals surface area contributed by atoms with E-state index in [1.54, 1.807) is 6.20 Å². The number of aryl methyl sites for hydroxylation is 2. The molecular formula is C24H30N4O4S. The van der Waals surface area contributed by atoms with Crippen LogP contribution in [0.2, 0.25) is 0 Å². The Morgan fingerprint density at radius 1 is 1.18 bits per heavy atom. The Morgan fingerprint density at radius 3 is 2.67 bits per heavy atom. The Morgan fingerprint density at radius 2 is 1.94 bits per heavy atom. The summed E-state index contributed by atoms with van der Waals surface area (Å²) in [5, 5.41) is 6.44. The number of aromatic nitrogens is 1. The summed E-state index contributed by atoms with van der Waals surface area (Å²) in [6, 6.07) is 3.74. The van der Waals surface area contributed by atoms with Crippen molar-refractivity contribution in [1.82, 2.24) is 9.88 Å². The third-order valence-corrected chi connectivity index (χ3v) is 7.51. The summed E-state index contributed by atoms with van der Waals surface area (Å²) < 4.78 is 4.98. The zero-order valence-electron chi connectivity index (χ0n) is 19.1. The molecule has 33 heavy (non-hydrogen) atoms. The molecule has 1 aliphatic carbocycles. The second-order valence-corrected chi connectivity index (χ2v) is 9.82. The van der Waals surface area contributed by atoms with Crippen molar-refractivity contribution in [2.45, 2.75) is 45.4 Å². The minimum Gasteiger partial charge on any atom is -0.465 e. The molecule has 1 aliphatic heterocycles. The van der Waals surface area contributed by atoms with Crippen molar-refractivity contribution in [3.05, 3.63) is 39.9 Å². The minimum absolute atomic E-state index is 0.0240. The van der Waals surface area contributed by atoms with Gasteiger partial charge in [-0.3, -0.25) is 14.5 Å². The number of carbonyl (C=O) groups is 3. The van der Waals surface area contributed by atoms with E-state index in [0.717, 1.165) is 36.8 Å². The summed E-state index contributed by atoms with van der Waals surface area (Å²) in [7, 11) is 1.37. The fraction of sp³-hybridized carbons (Fsp3) is 0.500. The number of amides is 2. The van der Waals surface area contributed by atoms with Crippen molar-refractivity contribution in [2.75, 3.05) is 37.4 Å². The number of anilines is 2. The number of likely N-dealkylation sites (tertiary alicyclic amines) is 1. The molecule has 1 saturated heterocycles. The van der Waals surface area contributed by atoms with Gasteiger partial charge in [-0.25, -0.2) is 9.78 Å². The Bertz CT molecular complexity index is 1040. The molecule has 176 valence electrons. The van der Waals surface area contributed by atoms with Crippen LogP contribution in [0, 0.1) is 12.8 Å². The summed E-state index contributed by atoms with van der Waals surface area (Å²) in [6.45, 7) is 3.52. The number of nitrogens with zero attached hydrogens (tertiary/aromatic N) is 2. The molecule has 4 rings (SSSR count). The lowest BCUT2D eigenvalue weighted by atomic mass is 9.95. The highest BCUT2D eigenvalue weighted by molar-refractivity contribution is 7.17. The predicted octanol–water partition coefficient (Wildman–Crippen LogP) is 3.41. The Hall–Kier alpha value is -2.78. The lowest BCUT2D eigenvalue weighted by Crippen LogP contribution is -2.41. The highest BCUT2D eigenvalue weighted by atomic mass is 32.1. The van der Waals surface area contributed by atoms with Crippen LogP contribution in [0.3, 0.4) is 0 Å². The molecule has 0 unspecified atom stereocenters. The zero-order valence-corrected chi connectivity index (χ0v) is 19.9. The van der Waals surface area contributed by atoms with Gasteiger partial charge in [0.1, 0.15) is 10.8 Å². The molecule has 0 saturated carbocycles. The standard InChI is InChI=1S/C24H30N4O4S/c1-15-7-10-25-19(13-15)26-22(30)16-8-11-28(12-9-16)14-20(29)27-23-21(24(31)32-2)17-5-3-4-6-18(17)33-23/h7,10,13,16H,3-6,8-9,11-12,14H2,1-2H3,(H,27,29)(H,25,26,30). The molecule has 2 aromatic heterocycles. The van der Waals surface area contributed by atoms with Crippen molar-refractivity contribution in [1.29, 1.82) is 0 Å². The Kier molecular flexibility index (Phi) is 7.39. The smallest absolute Gasteiger partial charge is 0.341 e. The quantitative estimate of drug-likeness (QED) is 0.628. The van der Waals surface area contributed by atoms with Crippen molar-refractivity contribution in [2.24, 2.45) is 5.92 Å². The molecule has 2 aromatic rings. The third-order valence-electron chi connectivity index (χ3n) is 6.31. The number of methoxy groups -OCH3 is 1. The highest BCUT2D eigenvalue weighted by Gasteiger charge is 2.29. The van der Waals surface area contributed by atoms with Crippen LogP contribution in [0.5, 0.6) is 0 Å². The van der Waals surface area contributed by atoms with Crippen LogP contribution in [0.15, 0.2) is 18.3 Å². The summed E-state index contributed by atoms with van der Waals surface area (Å²) in [6.07, 6.45) is 6.99. The van der Waals surface area contributed by atoms with Gasteiger partial charge in [0.15, 0.2) is 0 Å². The first-order valence-electron chi connectivity index (χ1n) is 11.4. The number of nitrogens with one attached hydrogen (secondary N) is 2. The van der Waals surface area contributed by atoms with E-state index in [0.29, 0.717) is 42.3 Å². The van der Waals surface area contributed by atoms with E-state index < -0.39 is 0 Å². The fourth-order valence-corrected chi connectivity index (χ4v) is 5.82. The molecule has 2 N–H and O–H groups in total. The SMILES string of the molecule is COC(=O)c1c(NC(=O)CN2CCC(C(=O)Nc3cc(C)ccn3)CC2)sc2c1CCCC2. The van der Waals surface area contributed by atoms with Gasteiger partial charge in [-0.15, -0.1) is 11.3 Å². The number of hydrogen-bond acceptors (Lipinski definition) is 7.